The lowest BCUT2D eigenvalue weighted by molar-refractivity contribution is 0.00578. The molecule has 0 amide bonds. The topological polar surface area (TPSA) is 69.4 Å². The first-order valence-electron chi connectivity index (χ1n) is 7.90. The number of hydrogen-bond donors (Lipinski definition) is 1. The Labute approximate surface area is 136 Å². The van der Waals surface area contributed by atoms with Gasteiger partial charge in [0.05, 0.1) is 28.9 Å². The molecular formula is C16H24BN3O3. The third-order valence-corrected chi connectivity index (χ3v) is 4.60. The fourth-order valence-electron chi connectivity index (χ4n) is 2.60. The summed E-state index contributed by atoms with van der Waals surface area (Å²) in [7, 11) is -0.413. The number of hydrogen-bond acceptors (Lipinski definition) is 5. The third kappa shape index (κ3) is 3.01. The molecule has 1 N–H and O–H groups in total. The largest absolute Gasteiger partial charge is 0.494 e. The minimum absolute atomic E-state index is 0.370. The van der Waals surface area contributed by atoms with Gasteiger partial charge in [-0.1, -0.05) is 11.3 Å². The zero-order valence-electron chi connectivity index (χ0n) is 14.6. The summed E-state index contributed by atoms with van der Waals surface area (Å²) >= 11 is 0. The van der Waals surface area contributed by atoms with E-state index >= 15 is 0 Å². The van der Waals surface area contributed by atoms with E-state index in [1.165, 1.54) is 0 Å². The van der Waals surface area contributed by atoms with Crippen LogP contribution in [0.1, 0.15) is 41.5 Å². The predicted octanol–water partition coefficient (Wildman–Crippen LogP) is 1.50. The fourth-order valence-corrected chi connectivity index (χ4v) is 2.60. The lowest BCUT2D eigenvalue weighted by atomic mass is 9.79. The summed E-state index contributed by atoms with van der Waals surface area (Å²) in [6, 6.07) is 5.85. The van der Waals surface area contributed by atoms with E-state index in [1.807, 2.05) is 45.9 Å². The molecule has 1 aromatic carbocycles. The zero-order chi connectivity index (χ0) is 17.0. The Balaban J connectivity index is 1.91. The molecule has 1 aromatic heterocycles. The number of aliphatic hydroxyl groups is 1. The van der Waals surface area contributed by atoms with Gasteiger partial charge in [0.15, 0.2) is 0 Å². The normalized spacial score (nSPS) is 20.4. The van der Waals surface area contributed by atoms with Crippen molar-refractivity contribution in [2.45, 2.75) is 64.9 Å². The van der Waals surface area contributed by atoms with E-state index < -0.39 is 12.7 Å². The van der Waals surface area contributed by atoms with Crippen LogP contribution in [-0.4, -0.2) is 44.0 Å². The lowest BCUT2D eigenvalue weighted by Gasteiger charge is -2.32. The molecule has 6 nitrogen and oxygen atoms in total. The van der Waals surface area contributed by atoms with Crippen molar-refractivity contribution in [3.63, 3.8) is 0 Å². The van der Waals surface area contributed by atoms with Crippen molar-refractivity contribution in [2.24, 2.45) is 0 Å². The van der Waals surface area contributed by atoms with Gasteiger partial charge in [-0.15, -0.1) is 5.10 Å². The molecule has 0 spiro atoms. The summed E-state index contributed by atoms with van der Waals surface area (Å²) in [6.45, 7) is 12.0. The first-order valence-corrected chi connectivity index (χ1v) is 7.90. The number of rotatable bonds is 3. The maximum absolute atomic E-state index is 9.96. The molecule has 2 heterocycles. The number of nitrogens with zero attached hydrogens (tertiary/aromatic N) is 3. The van der Waals surface area contributed by atoms with E-state index in [0.29, 0.717) is 6.54 Å². The molecule has 7 heteroatoms. The van der Waals surface area contributed by atoms with Gasteiger partial charge in [-0.3, -0.25) is 0 Å². The summed E-state index contributed by atoms with van der Waals surface area (Å²) in [5.74, 6) is 0. The van der Waals surface area contributed by atoms with Crippen LogP contribution < -0.4 is 5.46 Å². The molecule has 1 fully saturated rings. The highest BCUT2D eigenvalue weighted by Crippen LogP contribution is 2.36. The first kappa shape index (κ1) is 16.4. The molecule has 1 aliphatic heterocycles. The average molecular weight is 317 g/mol. The van der Waals surface area contributed by atoms with Gasteiger partial charge >= 0.3 is 7.12 Å². The first-order chi connectivity index (χ1) is 10.5. The molecule has 2 aromatic rings. The Kier molecular flexibility index (Phi) is 3.59. The van der Waals surface area contributed by atoms with Crippen LogP contribution >= 0.6 is 0 Å². The van der Waals surface area contributed by atoms with Crippen molar-refractivity contribution < 1.29 is 14.4 Å². The Hall–Kier alpha value is -1.44. The van der Waals surface area contributed by atoms with Crippen LogP contribution in [-0.2, 0) is 15.9 Å². The second-order valence-electron chi connectivity index (χ2n) is 7.90. The SMILES string of the molecule is CC(C)(O)Cn1nnc2cc(B3OC(C)(C)C(C)(C)O3)ccc21. The zero-order valence-corrected chi connectivity index (χ0v) is 14.6. The van der Waals surface area contributed by atoms with Crippen LogP contribution in [0.3, 0.4) is 0 Å². The van der Waals surface area contributed by atoms with Crippen LogP contribution in [0.2, 0.25) is 0 Å². The number of benzene rings is 1. The van der Waals surface area contributed by atoms with Crippen molar-refractivity contribution in [3.8, 4) is 0 Å². The number of fused-ring (bicyclic) bond motifs is 1. The highest BCUT2D eigenvalue weighted by Gasteiger charge is 2.51. The lowest BCUT2D eigenvalue weighted by Crippen LogP contribution is -2.41. The van der Waals surface area contributed by atoms with E-state index in [2.05, 4.69) is 10.3 Å². The van der Waals surface area contributed by atoms with Gasteiger partial charge in [-0.05, 0) is 59.1 Å². The molecule has 23 heavy (non-hydrogen) atoms. The summed E-state index contributed by atoms with van der Waals surface area (Å²) < 4.78 is 13.9. The maximum atomic E-state index is 9.96. The van der Waals surface area contributed by atoms with Crippen molar-refractivity contribution in [1.29, 1.82) is 0 Å². The van der Waals surface area contributed by atoms with E-state index in [4.69, 9.17) is 9.31 Å². The fraction of sp³-hybridized carbons (Fsp3) is 0.625. The highest BCUT2D eigenvalue weighted by atomic mass is 16.7. The molecule has 0 aliphatic carbocycles. The van der Waals surface area contributed by atoms with Crippen LogP contribution in [0, 0.1) is 0 Å². The monoisotopic (exact) mass is 317 g/mol. The Morgan fingerprint density at radius 1 is 1.17 bits per heavy atom. The average Bonchev–Trinajstić information content (AvgIpc) is 2.86. The Morgan fingerprint density at radius 3 is 2.35 bits per heavy atom. The van der Waals surface area contributed by atoms with Crippen LogP contribution in [0.25, 0.3) is 11.0 Å². The van der Waals surface area contributed by atoms with Gasteiger partial charge in [-0.25, -0.2) is 4.68 Å². The molecule has 3 rings (SSSR count). The second-order valence-corrected chi connectivity index (χ2v) is 7.90. The maximum Gasteiger partial charge on any atom is 0.494 e. The summed E-state index contributed by atoms with van der Waals surface area (Å²) in [5, 5.41) is 18.3. The van der Waals surface area contributed by atoms with Gasteiger partial charge < -0.3 is 14.4 Å². The van der Waals surface area contributed by atoms with Crippen LogP contribution in [0.4, 0.5) is 0 Å². The highest BCUT2D eigenvalue weighted by molar-refractivity contribution is 6.62. The summed E-state index contributed by atoms with van der Waals surface area (Å²) in [6.07, 6.45) is 0. The van der Waals surface area contributed by atoms with Gasteiger partial charge in [0.25, 0.3) is 0 Å². The third-order valence-electron chi connectivity index (χ3n) is 4.60. The van der Waals surface area contributed by atoms with Crippen molar-refractivity contribution in [1.82, 2.24) is 15.0 Å². The second kappa shape index (κ2) is 5.03. The van der Waals surface area contributed by atoms with Gasteiger partial charge in [0.2, 0.25) is 0 Å². The molecule has 0 bridgehead atoms. The minimum Gasteiger partial charge on any atom is -0.399 e. The van der Waals surface area contributed by atoms with Gasteiger partial charge in [0.1, 0.15) is 5.52 Å². The Morgan fingerprint density at radius 2 is 1.78 bits per heavy atom. The quantitative estimate of drug-likeness (QED) is 0.869. The molecule has 1 aliphatic rings. The van der Waals surface area contributed by atoms with Crippen LogP contribution in [0.5, 0.6) is 0 Å². The van der Waals surface area contributed by atoms with Gasteiger partial charge in [-0.2, -0.15) is 0 Å². The standard InChI is InChI=1S/C16H24BN3O3/c1-14(2,21)10-20-13-8-7-11(9-12(13)18-19-20)17-22-15(3,4)16(5,6)23-17/h7-9,21H,10H2,1-6H3. The molecule has 0 saturated carbocycles. The molecule has 124 valence electrons. The van der Waals surface area contributed by atoms with Crippen molar-refractivity contribution in [2.75, 3.05) is 0 Å². The predicted molar refractivity (Wildman–Crippen MR) is 89.5 cm³/mol. The smallest absolute Gasteiger partial charge is 0.399 e. The van der Waals surface area contributed by atoms with Crippen molar-refractivity contribution in [3.05, 3.63) is 18.2 Å². The van der Waals surface area contributed by atoms with Gasteiger partial charge in [0, 0.05) is 0 Å². The van der Waals surface area contributed by atoms with E-state index in [1.54, 1.807) is 18.5 Å². The number of aromatic nitrogens is 3. The van der Waals surface area contributed by atoms with E-state index in [-0.39, 0.29) is 11.2 Å². The van der Waals surface area contributed by atoms with Crippen molar-refractivity contribution >= 4 is 23.6 Å². The van der Waals surface area contributed by atoms with E-state index in [0.717, 1.165) is 16.5 Å². The molecule has 0 radical (unpaired) electrons. The molecule has 0 atom stereocenters. The summed E-state index contributed by atoms with van der Waals surface area (Å²) in [4.78, 5) is 0. The van der Waals surface area contributed by atoms with E-state index in [9.17, 15) is 5.11 Å². The molecular weight excluding hydrogens is 293 g/mol. The molecule has 1 saturated heterocycles. The van der Waals surface area contributed by atoms with Crippen LogP contribution in [0.15, 0.2) is 18.2 Å². The minimum atomic E-state index is -0.842. The molecule has 0 unspecified atom stereocenters. The summed E-state index contributed by atoms with van der Waals surface area (Å²) in [5.41, 5.74) is 0.988. The Bertz CT molecular complexity index is 718.